The van der Waals surface area contributed by atoms with Crippen molar-refractivity contribution < 1.29 is 9.53 Å². The Morgan fingerprint density at radius 1 is 1.33 bits per heavy atom. The molecule has 3 rings (SSSR count). The molecule has 0 aliphatic carbocycles. The fraction of sp³-hybridized carbons (Fsp3) is 0.706. The van der Waals surface area contributed by atoms with E-state index in [1.54, 1.807) is 13.2 Å². The Labute approximate surface area is 142 Å². The van der Waals surface area contributed by atoms with Crippen LogP contribution in [0, 0.1) is 5.92 Å². The Kier molecular flexibility index (Phi) is 5.63. The maximum atomic E-state index is 12.7. The third kappa shape index (κ3) is 4.02. The highest BCUT2D eigenvalue weighted by Gasteiger charge is 2.33. The molecule has 0 bridgehead atoms. The zero-order valence-corrected chi connectivity index (χ0v) is 14.2. The molecular formula is C17H26N4O3. The average molecular weight is 334 g/mol. The number of carbonyl (C=O) groups excluding carboxylic acids is 1. The minimum atomic E-state index is -0.111. The van der Waals surface area contributed by atoms with Gasteiger partial charge in [0.2, 0.25) is 5.91 Å². The number of piperidine rings is 1. The van der Waals surface area contributed by atoms with E-state index in [-0.39, 0.29) is 23.3 Å². The number of ether oxygens (including phenoxy) is 1. The van der Waals surface area contributed by atoms with E-state index in [1.807, 2.05) is 4.90 Å². The lowest BCUT2D eigenvalue weighted by Crippen LogP contribution is -2.42. The van der Waals surface area contributed by atoms with Gasteiger partial charge in [0.25, 0.3) is 5.56 Å². The Bertz CT molecular complexity index is 610. The van der Waals surface area contributed by atoms with Crippen LogP contribution in [0.2, 0.25) is 0 Å². The van der Waals surface area contributed by atoms with Crippen molar-refractivity contribution in [3.63, 3.8) is 0 Å². The van der Waals surface area contributed by atoms with Crippen molar-refractivity contribution in [3.05, 3.63) is 28.4 Å². The Morgan fingerprint density at radius 2 is 2.12 bits per heavy atom. The molecule has 1 aromatic rings. The van der Waals surface area contributed by atoms with Gasteiger partial charge >= 0.3 is 0 Å². The van der Waals surface area contributed by atoms with E-state index in [0.29, 0.717) is 0 Å². The first-order valence-corrected chi connectivity index (χ1v) is 8.72. The van der Waals surface area contributed by atoms with Gasteiger partial charge in [0.1, 0.15) is 0 Å². The highest BCUT2D eigenvalue weighted by molar-refractivity contribution is 5.79. The van der Waals surface area contributed by atoms with Crippen LogP contribution < -0.4 is 5.56 Å². The van der Waals surface area contributed by atoms with Crippen LogP contribution in [0.1, 0.15) is 30.9 Å². The topological polar surface area (TPSA) is 78.5 Å². The number of H-pyrrole nitrogens is 1. The highest BCUT2D eigenvalue weighted by atomic mass is 16.5. The van der Waals surface area contributed by atoms with Crippen molar-refractivity contribution in [2.45, 2.75) is 25.2 Å². The molecule has 1 aromatic heterocycles. The van der Waals surface area contributed by atoms with Crippen molar-refractivity contribution in [1.29, 1.82) is 0 Å². The van der Waals surface area contributed by atoms with Gasteiger partial charge in [-0.3, -0.25) is 9.59 Å². The third-order valence-corrected chi connectivity index (χ3v) is 5.16. The van der Waals surface area contributed by atoms with Crippen LogP contribution >= 0.6 is 0 Å². The smallest absolute Gasteiger partial charge is 0.250 e. The van der Waals surface area contributed by atoms with Gasteiger partial charge in [-0.15, -0.1) is 0 Å². The largest absolute Gasteiger partial charge is 0.383 e. The number of carbonyl (C=O) groups is 1. The lowest BCUT2D eigenvalue weighted by molar-refractivity contribution is -0.136. The summed E-state index contributed by atoms with van der Waals surface area (Å²) in [6.45, 7) is 4.95. The van der Waals surface area contributed by atoms with Crippen LogP contribution in [0.4, 0.5) is 0 Å². The number of nitrogens with zero attached hydrogens (tertiary/aromatic N) is 3. The number of nitrogens with one attached hydrogen (secondary N) is 1. The van der Waals surface area contributed by atoms with Gasteiger partial charge in [-0.05, 0) is 25.8 Å². The molecule has 1 atom stereocenters. The molecule has 2 fully saturated rings. The normalized spacial score (nSPS) is 22.9. The molecule has 2 saturated heterocycles. The van der Waals surface area contributed by atoms with Gasteiger partial charge in [0.15, 0.2) is 0 Å². The molecule has 2 aliphatic rings. The molecule has 0 unspecified atom stereocenters. The summed E-state index contributed by atoms with van der Waals surface area (Å²) in [4.78, 5) is 35.2. The minimum absolute atomic E-state index is 0.111. The van der Waals surface area contributed by atoms with Gasteiger partial charge in [-0.25, -0.2) is 4.98 Å². The van der Waals surface area contributed by atoms with Gasteiger partial charge < -0.3 is 19.5 Å². The Balaban J connectivity index is 1.50. The molecule has 7 heteroatoms. The first kappa shape index (κ1) is 17.1. The second-order valence-corrected chi connectivity index (χ2v) is 6.71. The molecular weight excluding hydrogens is 308 g/mol. The number of hydrogen-bond donors (Lipinski definition) is 1. The second kappa shape index (κ2) is 7.90. The van der Waals surface area contributed by atoms with Crippen LogP contribution in [-0.4, -0.2) is 72.1 Å². The average Bonchev–Trinajstić information content (AvgIpc) is 3.08. The highest BCUT2D eigenvalue weighted by Crippen LogP contribution is 2.28. The first-order chi connectivity index (χ1) is 11.7. The summed E-state index contributed by atoms with van der Waals surface area (Å²) in [7, 11) is 1.71. The van der Waals surface area contributed by atoms with Gasteiger partial charge in [-0.2, -0.15) is 0 Å². The zero-order chi connectivity index (χ0) is 16.9. The summed E-state index contributed by atoms with van der Waals surface area (Å²) >= 11 is 0. The minimum Gasteiger partial charge on any atom is -0.383 e. The fourth-order valence-corrected chi connectivity index (χ4v) is 3.72. The molecule has 132 valence electrons. The summed E-state index contributed by atoms with van der Waals surface area (Å²) in [5.74, 6) is 0.682. The predicted octanol–water partition coefficient (Wildman–Crippen LogP) is 0.444. The van der Waals surface area contributed by atoms with Gasteiger partial charge in [0, 0.05) is 45.3 Å². The van der Waals surface area contributed by atoms with Crippen molar-refractivity contribution in [1.82, 2.24) is 19.8 Å². The van der Waals surface area contributed by atoms with E-state index in [9.17, 15) is 9.59 Å². The number of aromatic amines is 1. The molecule has 7 nitrogen and oxygen atoms in total. The summed E-state index contributed by atoms with van der Waals surface area (Å²) in [5, 5.41) is 0. The second-order valence-electron chi connectivity index (χ2n) is 6.71. The van der Waals surface area contributed by atoms with E-state index in [0.717, 1.165) is 64.3 Å². The van der Waals surface area contributed by atoms with E-state index < -0.39 is 0 Å². The predicted molar refractivity (Wildman–Crippen MR) is 89.8 cm³/mol. The molecule has 0 spiro atoms. The molecule has 2 aliphatic heterocycles. The lowest BCUT2D eigenvalue weighted by Gasteiger charge is -2.33. The van der Waals surface area contributed by atoms with Crippen LogP contribution in [0.15, 0.2) is 17.2 Å². The van der Waals surface area contributed by atoms with Crippen molar-refractivity contribution in [2.24, 2.45) is 5.92 Å². The standard InChI is InChI=1S/C17H26N4O3/c1-24-9-8-20-5-2-14(11-20)17(23)21-6-3-13(4-7-21)15-10-16(22)19-12-18-15/h10,12-14H,2-9,11H2,1H3,(H,18,19,22)/t14-/m1/s1. The van der Waals surface area contributed by atoms with Gasteiger partial charge in [-0.1, -0.05) is 0 Å². The van der Waals surface area contributed by atoms with Crippen LogP contribution in [0.5, 0.6) is 0 Å². The van der Waals surface area contributed by atoms with Crippen LogP contribution in [0.25, 0.3) is 0 Å². The molecule has 0 aromatic carbocycles. The SMILES string of the molecule is COCCN1CC[C@@H](C(=O)N2CCC(c3cc(=O)[nH]cn3)CC2)C1. The zero-order valence-electron chi connectivity index (χ0n) is 14.2. The summed E-state index contributed by atoms with van der Waals surface area (Å²) < 4.78 is 5.11. The van der Waals surface area contributed by atoms with Crippen LogP contribution in [-0.2, 0) is 9.53 Å². The lowest BCUT2D eigenvalue weighted by atomic mass is 9.92. The molecule has 0 radical (unpaired) electrons. The Morgan fingerprint density at radius 3 is 2.83 bits per heavy atom. The first-order valence-electron chi connectivity index (χ1n) is 8.72. The van der Waals surface area contributed by atoms with E-state index in [1.165, 1.54) is 6.33 Å². The Hall–Kier alpha value is -1.73. The maximum absolute atomic E-state index is 12.7. The number of likely N-dealkylation sites (tertiary alicyclic amines) is 2. The molecule has 1 amide bonds. The summed E-state index contributed by atoms with van der Waals surface area (Å²) in [6.07, 6.45) is 4.16. The molecule has 0 saturated carbocycles. The summed E-state index contributed by atoms with van der Waals surface area (Å²) in [5.41, 5.74) is 0.734. The molecule has 1 N–H and O–H groups in total. The van der Waals surface area contributed by atoms with Crippen molar-refractivity contribution >= 4 is 5.91 Å². The molecule has 3 heterocycles. The number of methoxy groups -OCH3 is 1. The van der Waals surface area contributed by atoms with Crippen molar-refractivity contribution in [2.75, 3.05) is 46.4 Å². The number of hydrogen-bond acceptors (Lipinski definition) is 5. The molecule has 24 heavy (non-hydrogen) atoms. The number of amides is 1. The maximum Gasteiger partial charge on any atom is 0.250 e. The quantitative estimate of drug-likeness (QED) is 0.845. The monoisotopic (exact) mass is 334 g/mol. The van der Waals surface area contributed by atoms with E-state index >= 15 is 0 Å². The van der Waals surface area contributed by atoms with Crippen LogP contribution in [0.3, 0.4) is 0 Å². The van der Waals surface area contributed by atoms with Gasteiger partial charge in [0.05, 0.1) is 24.5 Å². The summed E-state index contributed by atoms with van der Waals surface area (Å²) in [6, 6.07) is 1.58. The van der Waals surface area contributed by atoms with E-state index in [2.05, 4.69) is 14.9 Å². The van der Waals surface area contributed by atoms with E-state index in [4.69, 9.17) is 4.74 Å². The van der Waals surface area contributed by atoms with Crippen molar-refractivity contribution in [3.8, 4) is 0 Å². The third-order valence-electron chi connectivity index (χ3n) is 5.16. The fourth-order valence-electron chi connectivity index (χ4n) is 3.72. The number of rotatable bonds is 5. The number of aromatic nitrogens is 2.